The number of carbonyl (C=O) groups excluding carboxylic acids is 1. The normalized spacial score (nSPS) is 11.7. The summed E-state index contributed by atoms with van der Waals surface area (Å²) in [6, 6.07) is 0. The van der Waals surface area contributed by atoms with Crippen LogP contribution in [0.1, 0.15) is 0 Å². The third-order valence-electron chi connectivity index (χ3n) is 1.43. The molecule has 7 heteroatoms. The number of nitrogens with zero attached hydrogens (tertiary/aromatic N) is 2. The maximum absolute atomic E-state index is 11.8. The molecular formula is C7H7F3N2OS. The summed E-state index contributed by atoms with van der Waals surface area (Å²) in [6.45, 7) is 0. The summed E-state index contributed by atoms with van der Waals surface area (Å²) in [6.07, 6.45) is -1.70. The van der Waals surface area contributed by atoms with Crippen LogP contribution in [0, 0.1) is 0 Å². The minimum atomic E-state index is -4.75. The quantitative estimate of drug-likeness (QED) is 0.732. The van der Waals surface area contributed by atoms with Crippen molar-refractivity contribution in [3.63, 3.8) is 0 Å². The number of ketones is 1. The molecule has 0 bridgehead atoms. The summed E-state index contributed by atoms with van der Waals surface area (Å²) in [5.74, 6) is -2.38. The molecule has 0 amide bonds. The number of alkyl halides is 3. The van der Waals surface area contributed by atoms with E-state index in [1.54, 1.807) is 17.8 Å². The number of carbonyl (C=O) groups is 1. The zero-order valence-electron chi connectivity index (χ0n) is 7.21. The highest BCUT2D eigenvalue weighted by Gasteiger charge is 2.37. The Morgan fingerprint density at radius 1 is 1.64 bits per heavy atom. The average Bonchev–Trinajstić information content (AvgIpc) is 2.45. The lowest BCUT2D eigenvalue weighted by Gasteiger charge is -2.04. The number of rotatable bonds is 3. The molecule has 0 saturated heterocycles. The van der Waals surface area contributed by atoms with E-state index in [0.717, 1.165) is 11.8 Å². The molecule has 0 aliphatic rings. The first-order valence-corrected chi connectivity index (χ1v) is 4.60. The van der Waals surface area contributed by atoms with E-state index in [1.807, 2.05) is 0 Å². The lowest BCUT2D eigenvalue weighted by molar-refractivity contribution is -0.167. The zero-order valence-corrected chi connectivity index (χ0v) is 8.02. The molecule has 1 heterocycles. The fourth-order valence-corrected chi connectivity index (χ4v) is 1.53. The van der Waals surface area contributed by atoms with E-state index in [2.05, 4.69) is 4.98 Å². The van der Waals surface area contributed by atoms with Gasteiger partial charge in [0.25, 0.3) is 0 Å². The number of aromatic nitrogens is 2. The van der Waals surface area contributed by atoms with E-state index in [-0.39, 0.29) is 0 Å². The van der Waals surface area contributed by atoms with Gasteiger partial charge in [-0.15, -0.1) is 0 Å². The van der Waals surface area contributed by atoms with Gasteiger partial charge in [0, 0.05) is 19.4 Å². The molecule has 1 aromatic heterocycles. The first kappa shape index (κ1) is 11.1. The van der Waals surface area contributed by atoms with Gasteiger partial charge in [0.1, 0.15) is 0 Å². The highest BCUT2D eigenvalue weighted by atomic mass is 32.2. The Kier molecular flexibility index (Phi) is 3.20. The van der Waals surface area contributed by atoms with E-state index in [4.69, 9.17) is 0 Å². The van der Waals surface area contributed by atoms with E-state index in [1.165, 1.54) is 6.20 Å². The fraction of sp³-hybridized carbons (Fsp3) is 0.429. The van der Waals surface area contributed by atoms with E-state index in [9.17, 15) is 18.0 Å². The Morgan fingerprint density at radius 2 is 2.29 bits per heavy atom. The summed E-state index contributed by atoms with van der Waals surface area (Å²) in [7, 11) is 1.65. The third kappa shape index (κ3) is 2.76. The topological polar surface area (TPSA) is 34.9 Å². The smallest absolute Gasteiger partial charge is 0.329 e. The SMILES string of the molecule is Cn1ccnc1SCC(=O)C(F)(F)F. The highest BCUT2D eigenvalue weighted by Crippen LogP contribution is 2.21. The highest BCUT2D eigenvalue weighted by molar-refractivity contribution is 7.99. The van der Waals surface area contributed by atoms with Crippen LogP contribution in [0.2, 0.25) is 0 Å². The van der Waals surface area contributed by atoms with Gasteiger partial charge in [0.05, 0.1) is 5.75 Å². The fourth-order valence-electron chi connectivity index (χ4n) is 0.703. The Balaban J connectivity index is 2.50. The van der Waals surface area contributed by atoms with Gasteiger partial charge in [-0.3, -0.25) is 4.79 Å². The summed E-state index contributed by atoms with van der Waals surface area (Å²) in [4.78, 5) is 14.3. The molecule has 1 aromatic rings. The van der Waals surface area contributed by atoms with Crippen molar-refractivity contribution in [1.29, 1.82) is 0 Å². The maximum Gasteiger partial charge on any atom is 0.450 e. The minimum absolute atomic E-state index is 0.391. The molecule has 14 heavy (non-hydrogen) atoms. The maximum atomic E-state index is 11.8. The first-order chi connectivity index (χ1) is 6.41. The molecule has 0 spiro atoms. The molecule has 0 fully saturated rings. The Bertz CT molecular complexity index is 334. The van der Waals surface area contributed by atoms with Crippen LogP contribution in [0.4, 0.5) is 13.2 Å². The van der Waals surface area contributed by atoms with Gasteiger partial charge >= 0.3 is 6.18 Å². The summed E-state index contributed by atoms with van der Waals surface area (Å²) in [5.41, 5.74) is 0. The van der Waals surface area contributed by atoms with Gasteiger partial charge in [-0.2, -0.15) is 13.2 Å². The van der Waals surface area contributed by atoms with Crippen molar-refractivity contribution in [2.24, 2.45) is 7.05 Å². The van der Waals surface area contributed by atoms with Crippen LogP contribution in [0.3, 0.4) is 0 Å². The van der Waals surface area contributed by atoms with Crippen LogP contribution < -0.4 is 0 Å². The molecule has 0 N–H and O–H groups in total. The number of imidazole rings is 1. The van der Waals surface area contributed by atoms with Crippen molar-refractivity contribution in [3.05, 3.63) is 12.4 Å². The lowest BCUT2D eigenvalue weighted by atomic mass is 10.4. The molecule has 0 aromatic carbocycles. The van der Waals surface area contributed by atoms with Gasteiger partial charge in [-0.1, -0.05) is 11.8 Å². The van der Waals surface area contributed by atoms with Crippen LogP contribution in [-0.2, 0) is 11.8 Å². The second kappa shape index (κ2) is 4.04. The van der Waals surface area contributed by atoms with Crippen molar-refractivity contribution in [3.8, 4) is 0 Å². The molecule has 3 nitrogen and oxygen atoms in total. The van der Waals surface area contributed by atoms with Crippen molar-refractivity contribution >= 4 is 17.5 Å². The second-order valence-electron chi connectivity index (χ2n) is 2.53. The Labute approximate surface area is 82.3 Å². The largest absolute Gasteiger partial charge is 0.450 e. The molecule has 1 rings (SSSR count). The van der Waals surface area contributed by atoms with Crippen molar-refractivity contribution < 1.29 is 18.0 Å². The molecule has 0 radical (unpaired) electrons. The number of hydrogen-bond acceptors (Lipinski definition) is 3. The zero-order chi connectivity index (χ0) is 10.8. The number of hydrogen-bond donors (Lipinski definition) is 0. The standard InChI is InChI=1S/C7H7F3N2OS/c1-12-3-2-11-6(12)14-4-5(13)7(8,9)10/h2-3H,4H2,1H3. The molecule has 0 aliphatic carbocycles. The summed E-state index contributed by atoms with van der Waals surface area (Å²) >= 11 is 0.771. The van der Waals surface area contributed by atoms with Crippen LogP contribution in [0.25, 0.3) is 0 Å². The molecule has 78 valence electrons. The van der Waals surface area contributed by atoms with Gasteiger partial charge in [-0.25, -0.2) is 4.98 Å². The van der Waals surface area contributed by atoms with Crippen LogP contribution >= 0.6 is 11.8 Å². The van der Waals surface area contributed by atoms with Crippen LogP contribution in [0.5, 0.6) is 0 Å². The number of aryl methyl sites for hydroxylation is 1. The minimum Gasteiger partial charge on any atom is -0.329 e. The summed E-state index contributed by atoms with van der Waals surface area (Å²) < 4.78 is 36.9. The average molecular weight is 224 g/mol. The van der Waals surface area contributed by atoms with Gasteiger partial charge in [0.2, 0.25) is 5.78 Å². The molecule has 0 unspecified atom stereocenters. The Hall–Kier alpha value is -0.980. The number of halogens is 3. The van der Waals surface area contributed by atoms with Crippen molar-refractivity contribution in [1.82, 2.24) is 9.55 Å². The third-order valence-corrected chi connectivity index (χ3v) is 2.48. The van der Waals surface area contributed by atoms with Gasteiger partial charge < -0.3 is 4.57 Å². The van der Waals surface area contributed by atoms with Gasteiger partial charge in [0.15, 0.2) is 5.16 Å². The number of Topliss-reactive ketones (excluding diaryl/α,β-unsaturated/α-hetero) is 1. The monoisotopic (exact) mass is 224 g/mol. The predicted octanol–water partition coefficient (Wildman–Crippen LogP) is 1.64. The summed E-state index contributed by atoms with van der Waals surface area (Å²) in [5, 5.41) is 0.391. The molecule has 0 aliphatic heterocycles. The van der Waals surface area contributed by atoms with Gasteiger partial charge in [-0.05, 0) is 0 Å². The molecule has 0 atom stereocenters. The molecule has 0 saturated carbocycles. The second-order valence-corrected chi connectivity index (χ2v) is 3.47. The first-order valence-electron chi connectivity index (χ1n) is 3.61. The number of thioether (sulfide) groups is 1. The van der Waals surface area contributed by atoms with Crippen molar-refractivity contribution in [2.45, 2.75) is 11.3 Å². The Morgan fingerprint density at radius 3 is 2.71 bits per heavy atom. The van der Waals surface area contributed by atoms with Crippen molar-refractivity contribution in [2.75, 3.05) is 5.75 Å². The van der Waals surface area contributed by atoms with E-state index >= 15 is 0 Å². The molecular weight excluding hydrogens is 217 g/mol. The predicted molar refractivity (Wildman–Crippen MR) is 45.0 cm³/mol. The van der Waals surface area contributed by atoms with Crippen LogP contribution in [-0.4, -0.2) is 27.3 Å². The lowest BCUT2D eigenvalue weighted by Crippen LogP contribution is -2.24. The van der Waals surface area contributed by atoms with E-state index < -0.39 is 17.7 Å². The van der Waals surface area contributed by atoms with E-state index in [0.29, 0.717) is 5.16 Å². The van der Waals surface area contributed by atoms with Crippen LogP contribution in [0.15, 0.2) is 17.6 Å².